The van der Waals surface area contributed by atoms with Crippen LogP contribution in [-0.4, -0.2) is 42.5 Å². The van der Waals surface area contributed by atoms with Crippen LogP contribution >= 0.6 is 0 Å². The van der Waals surface area contributed by atoms with Crippen molar-refractivity contribution >= 4 is 18.3 Å². The monoisotopic (exact) mass is 353 g/mol. The fourth-order valence-corrected chi connectivity index (χ4v) is 0.941. The number of hydrogen-bond donors (Lipinski definition) is 1. The molecule has 0 atom stereocenters. The molecule has 13 heteroatoms. The van der Waals surface area contributed by atoms with E-state index >= 15 is 0 Å². The second-order valence-electron chi connectivity index (χ2n) is 3.90. The zero-order chi connectivity index (χ0) is 18.1. The lowest BCUT2D eigenvalue weighted by Gasteiger charge is -2.16. The third-order valence-electron chi connectivity index (χ3n) is 1.95. The minimum absolute atomic E-state index is 0.297. The van der Waals surface area contributed by atoms with Crippen molar-refractivity contribution in [1.29, 1.82) is 0 Å². The molecule has 23 heavy (non-hydrogen) atoms. The van der Waals surface area contributed by atoms with Crippen LogP contribution in [-0.2, 0) is 19.3 Å². The zero-order valence-electron chi connectivity index (χ0n) is 11.7. The van der Waals surface area contributed by atoms with Gasteiger partial charge in [0.05, 0.1) is 5.34 Å². The van der Waals surface area contributed by atoms with E-state index in [0.717, 1.165) is 12.8 Å². The van der Waals surface area contributed by atoms with Gasteiger partial charge in [-0.2, -0.15) is 26.3 Å². The van der Waals surface area contributed by atoms with Gasteiger partial charge in [0, 0.05) is 6.54 Å². The van der Waals surface area contributed by atoms with Gasteiger partial charge in [0.1, 0.15) is 6.34 Å². The Bertz CT molecular complexity index is 396. The van der Waals surface area contributed by atoms with E-state index in [2.05, 4.69) is 20.1 Å². The molecule has 0 fully saturated rings. The molecule has 0 saturated carbocycles. The number of hydrazone groups is 1. The van der Waals surface area contributed by atoms with E-state index < -0.39 is 29.6 Å². The fraction of sp³-hybridized carbons (Fsp3) is 0.700. The topological polar surface area (TPSA) is 80.2 Å². The molecule has 0 aliphatic carbocycles. The molecule has 1 N–H and O–H groups in total. The number of unbranched alkanes of at least 4 members (excludes halogenated alkanes) is 2. The van der Waals surface area contributed by atoms with Gasteiger partial charge in [0.15, 0.2) is 0 Å². The molecule has 0 aliphatic rings. The van der Waals surface area contributed by atoms with Crippen molar-refractivity contribution in [2.24, 2.45) is 5.10 Å². The molecular formula is C10H13F6N3O4. The van der Waals surface area contributed by atoms with Gasteiger partial charge in [0.2, 0.25) is 0 Å². The van der Waals surface area contributed by atoms with Gasteiger partial charge in [0.25, 0.3) is 0 Å². The molecule has 7 nitrogen and oxygen atoms in total. The van der Waals surface area contributed by atoms with Crippen molar-refractivity contribution in [1.82, 2.24) is 10.7 Å². The highest BCUT2D eigenvalue weighted by atomic mass is 19.4. The first-order chi connectivity index (χ1) is 10.5. The molecule has 0 heterocycles. The molecule has 0 saturated heterocycles. The molecule has 0 rings (SSSR count). The predicted molar refractivity (Wildman–Crippen MR) is 62.2 cm³/mol. The quantitative estimate of drug-likeness (QED) is 0.237. The number of nitrogens with zero attached hydrogens (tertiary/aromatic N) is 2. The molecule has 0 unspecified atom stereocenters. The number of rotatable bonds is 8. The van der Waals surface area contributed by atoms with Gasteiger partial charge >= 0.3 is 24.3 Å². The highest BCUT2D eigenvalue weighted by Gasteiger charge is 2.46. The Morgan fingerprint density at radius 1 is 1.04 bits per heavy atom. The van der Waals surface area contributed by atoms with Gasteiger partial charge in [-0.3, -0.25) is 9.68 Å². The van der Waals surface area contributed by atoms with Gasteiger partial charge in [-0.15, -0.1) is 0 Å². The maximum atomic E-state index is 12.0. The summed E-state index contributed by atoms with van der Waals surface area (Å²) in [4.78, 5) is 27.8. The van der Waals surface area contributed by atoms with E-state index in [1.165, 1.54) is 0 Å². The SMILES string of the molecule is CCCCCNC=NN(OC(=O)C(F)(F)F)OC(=O)C(F)(F)F. The van der Waals surface area contributed by atoms with Crippen LogP contribution < -0.4 is 5.32 Å². The number of hydrogen-bond acceptors (Lipinski definition) is 6. The third kappa shape index (κ3) is 9.42. The lowest BCUT2D eigenvalue weighted by atomic mass is 10.2. The second kappa shape index (κ2) is 9.05. The Labute approximate surface area is 126 Å². The average molecular weight is 353 g/mol. The van der Waals surface area contributed by atoms with Crippen LogP contribution in [0, 0.1) is 0 Å². The van der Waals surface area contributed by atoms with Crippen molar-refractivity contribution in [2.45, 2.75) is 38.5 Å². The minimum Gasteiger partial charge on any atom is -0.374 e. The number of alkyl halides is 6. The lowest BCUT2D eigenvalue weighted by Crippen LogP contribution is -2.37. The van der Waals surface area contributed by atoms with E-state index in [1.807, 2.05) is 6.92 Å². The maximum Gasteiger partial charge on any atom is 0.493 e. The largest absolute Gasteiger partial charge is 0.493 e. The first-order valence-corrected chi connectivity index (χ1v) is 6.12. The molecule has 0 spiro atoms. The van der Waals surface area contributed by atoms with E-state index in [4.69, 9.17) is 0 Å². The molecule has 0 aliphatic heterocycles. The van der Waals surface area contributed by atoms with Gasteiger partial charge < -0.3 is 5.32 Å². The summed E-state index contributed by atoms with van der Waals surface area (Å²) in [6.45, 7) is 2.20. The summed E-state index contributed by atoms with van der Waals surface area (Å²) in [5.41, 5.74) is 0. The third-order valence-corrected chi connectivity index (χ3v) is 1.95. The molecule has 134 valence electrons. The van der Waals surface area contributed by atoms with Crippen LogP contribution in [0.2, 0.25) is 0 Å². The van der Waals surface area contributed by atoms with Crippen molar-refractivity contribution < 1.29 is 45.6 Å². The van der Waals surface area contributed by atoms with E-state index in [-0.39, 0.29) is 0 Å². The summed E-state index contributed by atoms with van der Waals surface area (Å²) in [6, 6.07) is 0. The van der Waals surface area contributed by atoms with Crippen LogP contribution in [0.15, 0.2) is 5.10 Å². The molecule has 0 aromatic carbocycles. The summed E-state index contributed by atoms with van der Waals surface area (Å²) in [5, 5.41) is 4.36. The predicted octanol–water partition coefficient (Wildman–Crippen LogP) is 2.05. The highest BCUT2D eigenvalue weighted by Crippen LogP contribution is 2.20. The number of nitrogens with one attached hydrogen (secondary N) is 1. The van der Waals surface area contributed by atoms with Crippen molar-refractivity contribution in [2.75, 3.05) is 6.54 Å². The van der Waals surface area contributed by atoms with E-state index in [0.29, 0.717) is 19.3 Å². The summed E-state index contributed by atoms with van der Waals surface area (Å²) < 4.78 is 71.9. The van der Waals surface area contributed by atoms with Crippen LogP contribution in [0.4, 0.5) is 26.3 Å². The average Bonchev–Trinajstić information content (AvgIpc) is 2.40. The molecule has 0 amide bonds. The summed E-state index contributed by atoms with van der Waals surface area (Å²) in [7, 11) is 0. The van der Waals surface area contributed by atoms with E-state index in [1.54, 1.807) is 0 Å². The Kier molecular flexibility index (Phi) is 8.18. The number of carbonyl (C=O) groups excluding carboxylic acids is 2. The Balaban J connectivity index is 4.70. The van der Waals surface area contributed by atoms with Crippen molar-refractivity contribution in [3.8, 4) is 0 Å². The van der Waals surface area contributed by atoms with Crippen LogP contribution in [0.1, 0.15) is 26.2 Å². The summed E-state index contributed by atoms with van der Waals surface area (Å²) in [6.07, 6.45) is -8.09. The highest BCUT2D eigenvalue weighted by molar-refractivity contribution is 5.76. The maximum absolute atomic E-state index is 12.0. The number of halogens is 6. The first-order valence-electron chi connectivity index (χ1n) is 6.12. The van der Waals surface area contributed by atoms with E-state index in [9.17, 15) is 35.9 Å². The van der Waals surface area contributed by atoms with Crippen LogP contribution in [0.25, 0.3) is 0 Å². The Morgan fingerprint density at radius 3 is 1.91 bits per heavy atom. The molecule has 0 aromatic rings. The van der Waals surface area contributed by atoms with Crippen LogP contribution in [0.5, 0.6) is 0 Å². The summed E-state index contributed by atoms with van der Waals surface area (Å²) in [5.74, 6) is -5.84. The lowest BCUT2D eigenvalue weighted by molar-refractivity contribution is -0.351. The number of carbonyl (C=O) groups is 2. The van der Waals surface area contributed by atoms with Gasteiger partial charge in [-0.1, -0.05) is 24.9 Å². The molecular weight excluding hydrogens is 340 g/mol. The van der Waals surface area contributed by atoms with Gasteiger partial charge in [-0.25, -0.2) is 9.59 Å². The Hall–Kier alpha value is -2.21. The van der Waals surface area contributed by atoms with Gasteiger partial charge in [-0.05, 0) is 6.42 Å². The Morgan fingerprint density at radius 2 is 1.52 bits per heavy atom. The second-order valence-corrected chi connectivity index (χ2v) is 3.90. The van der Waals surface area contributed by atoms with Crippen molar-refractivity contribution in [3.63, 3.8) is 0 Å². The molecule has 0 aromatic heterocycles. The fourth-order valence-electron chi connectivity index (χ4n) is 0.941. The molecule has 0 radical (unpaired) electrons. The normalized spacial score (nSPS) is 12.1. The standard InChI is InChI=1S/C10H13F6N3O4/c1-2-3-4-5-17-6-18-19(22-7(20)9(11,12)13)23-8(21)10(14,15)16/h6H,2-5H2,1H3,(H,17,18). The first kappa shape index (κ1) is 20.8. The minimum atomic E-state index is -5.52. The molecule has 0 bridgehead atoms. The zero-order valence-corrected chi connectivity index (χ0v) is 11.7. The van der Waals surface area contributed by atoms with Crippen LogP contribution in [0.3, 0.4) is 0 Å². The summed E-state index contributed by atoms with van der Waals surface area (Å²) >= 11 is 0. The smallest absolute Gasteiger partial charge is 0.374 e. The van der Waals surface area contributed by atoms with Crippen molar-refractivity contribution in [3.05, 3.63) is 0 Å².